The molecule has 0 N–H and O–H groups in total. The number of hydrogen-bond donors (Lipinski definition) is 0. The minimum atomic E-state index is -0.271. The van der Waals surface area contributed by atoms with E-state index in [9.17, 15) is 4.39 Å². The zero-order chi connectivity index (χ0) is 12.5. The highest BCUT2D eigenvalue weighted by molar-refractivity contribution is 6.33. The third-order valence-electron chi connectivity index (χ3n) is 2.50. The lowest BCUT2D eigenvalue weighted by atomic mass is 10.2. The van der Waals surface area contributed by atoms with E-state index in [1.165, 1.54) is 18.5 Å². The molecule has 0 fully saturated rings. The molecule has 5 nitrogen and oxygen atoms in total. The first kappa shape index (κ1) is 11.0. The first-order valence-corrected chi connectivity index (χ1v) is 5.56. The SMILES string of the molecule is Fc1ccc(Cn2nnc3c(Cl)ncnc32)cc1. The Kier molecular flexibility index (Phi) is 2.64. The number of benzene rings is 1. The van der Waals surface area contributed by atoms with Gasteiger partial charge in [-0.2, -0.15) is 0 Å². The second kappa shape index (κ2) is 4.30. The fraction of sp³-hybridized carbons (Fsp3) is 0.0909. The molecule has 0 atom stereocenters. The van der Waals surface area contributed by atoms with Crippen LogP contribution in [-0.4, -0.2) is 25.0 Å². The summed E-state index contributed by atoms with van der Waals surface area (Å²) < 4.78 is 14.4. The van der Waals surface area contributed by atoms with Crippen LogP contribution < -0.4 is 0 Å². The van der Waals surface area contributed by atoms with E-state index in [1.54, 1.807) is 16.8 Å². The summed E-state index contributed by atoms with van der Waals surface area (Å²) in [6, 6.07) is 6.17. The highest BCUT2D eigenvalue weighted by atomic mass is 35.5. The fourth-order valence-electron chi connectivity index (χ4n) is 1.63. The first-order chi connectivity index (χ1) is 8.74. The van der Waals surface area contributed by atoms with Crippen molar-refractivity contribution in [2.45, 2.75) is 6.54 Å². The molecule has 7 heteroatoms. The molecule has 90 valence electrons. The molecular formula is C11H7ClFN5. The normalized spacial score (nSPS) is 11.0. The van der Waals surface area contributed by atoms with E-state index in [-0.39, 0.29) is 11.0 Å². The Balaban J connectivity index is 2.00. The number of rotatable bonds is 2. The lowest BCUT2D eigenvalue weighted by Gasteiger charge is -2.01. The van der Waals surface area contributed by atoms with Crippen molar-refractivity contribution < 1.29 is 4.39 Å². The maximum atomic E-state index is 12.8. The van der Waals surface area contributed by atoms with E-state index in [0.717, 1.165) is 5.56 Å². The van der Waals surface area contributed by atoms with Gasteiger partial charge in [-0.05, 0) is 17.7 Å². The lowest BCUT2D eigenvalue weighted by molar-refractivity contribution is 0.623. The van der Waals surface area contributed by atoms with E-state index in [4.69, 9.17) is 11.6 Å². The third-order valence-corrected chi connectivity index (χ3v) is 2.78. The molecule has 0 unspecified atom stereocenters. The Labute approximate surface area is 106 Å². The topological polar surface area (TPSA) is 56.5 Å². The van der Waals surface area contributed by atoms with Crippen LogP contribution in [0.25, 0.3) is 11.2 Å². The molecule has 0 aliphatic carbocycles. The van der Waals surface area contributed by atoms with Crippen molar-refractivity contribution in [3.63, 3.8) is 0 Å². The first-order valence-electron chi connectivity index (χ1n) is 5.18. The standard InChI is InChI=1S/C11H7ClFN5/c12-10-9-11(15-6-14-10)18(17-16-9)5-7-1-3-8(13)4-2-7/h1-4,6H,5H2. The Bertz CT molecular complexity index is 694. The number of hydrogen-bond acceptors (Lipinski definition) is 4. The van der Waals surface area contributed by atoms with E-state index in [0.29, 0.717) is 17.7 Å². The van der Waals surface area contributed by atoms with Crippen molar-refractivity contribution in [1.82, 2.24) is 25.0 Å². The average Bonchev–Trinajstić information content (AvgIpc) is 2.77. The van der Waals surface area contributed by atoms with Gasteiger partial charge in [0.1, 0.15) is 12.1 Å². The average molecular weight is 264 g/mol. The summed E-state index contributed by atoms with van der Waals surface area (Å²) in [5.74, 6) is -0.271. The molecule has 0 amide bonds. The zero-order valence-electron chi connectivity index (χ0n) is 9.09. The predicted molar refractivity (Wildman–Crippen MR) is 63.6 cm³/mol. The van der Waals surface area contributed by atoms with Crippen molar-refractivity contribution in [2.24, 2.45) is 0 Å². The summed E-state index contributed by atoms with van der Waals surface area (Å²) in [5, 5.41) is 8.14. The molecule has 1 aromatic carbocycles. The van der Waals surface area contributed by atoms with Crippen LogP contribution in [0.3, 0.4) is 0 Å². The molecule has 0 radical (unpaired) electrons. The molecule has 2 heterocycles. The molecule has 0 saturated heterocycles. The Morgan fingerprint density at radius 3 is 2.72 bits per heavy atom. The van der Waals surface area contributed by atoms with Crippen molar-refractivity contribution in [2.75, 3.05) is 0 Å². The van der Waals surface area contributed by atoms with Crippen LogP contribution in [0.15, 0.2) is 30.6 Å². The van der Waals surface area contributed by atoms with E-state index >= 15 is 0 Å². The Hall–Kier alpha value is -2.08. The second-order valence-electron chi connectivity index (χ2n) is 3.71. The van der Waals surface area contributed by atoms with Crippen LogP contribution in [0.2, 0.25) is 5.15 Å². The fourth-order valence-corrected chi connectivity index (χ4v) is 1.80. The van der Waals surface area contributed by atoms with Crippen LogP contribution in [-0.2, 0) is 6.54 Å². The summed E-state index contributed by atoms with van der Waals surface area (Å²) in [6.45, 7) is 0.449. The lowest BCUT2D eigenvalue weighted by Crippen LogP contribution is -2.03. The molecular weight excluding hydrogens is 257 g/mol. The van der Waals surface area contributed by atoms with Gasteiger partial charge in [-0.1, -0.05) is 28.9 Å². The highest BCUT2D eigenvalue weighted by Crippen LogP contribution is 2.16. The number of fused-ring (bicyclic) bond motifs is 1. The quantitative estimate of drug-likeness (QED) is 0.664. The van der Waals surface area contributed by atoms with Gasteiger partial charge in [0, 0.05) is 0 Å². The van der Waals surface area contributed by atoms with E-state index in [2.05, 4.69) is 20.3 Å². The van der Waals surface area contributed by atoms with Crippen LogP contribution in [0.1, 0.15) is 5.56 Å². The summed E-state index contributed by atoms with van der Waals surface area (Å²) >= 11 is 5.88. The molecule has 3 rings (SSSR count). The third kappa shape index (κ3) is 1.91. The maximum absolute atomic E-state index is 12.8. The Morgan fingerprint density at radius 2 is 1.94 bits per heavy atom. The van der Waals surface area contributed by atoms with Gasteiger partial charge in [0.05, 0.1) is 6.54 Å². The monoisotopic (exact) mass is 263 g/mol. The summed E-state index contributed by atoms with van der Waals surface area (Å²) in [7, 11) is 0. The number of nitrogens with zero attached hydrogens (tertiary/aromatic N) is 5. The smallest absolute Gasteiger partial charge is 0.183 e. The molecule has 3 aromatic rings. The molecule has 0 aliphatic heterocycles. The van der Waals surface area contributed by atoms with Crippen molar-refractivity contribution in [1.29, 1.82) is 0 Å². The van der Waals surface area contributed by atoms with Gasteiger partial charge in [0.15, 0.2) is 16.3 Å². The van der Waals surface area contributed by atoms with Crippen LogP contribution in [0, 0.1) is 5.82 Å². The van der Waals surface area contributed by atoms with Gasteiger partial charge in [-0.25, -0.2) is 19.0 Å². The van der Waals surface area contributed by atoms with E-state index < -0.39 is 0 Å². The number of halogens is 2. The van der Waals surface area contributed by atoms with Crippen molar-refractivity contribution in [3.8, 4) is 0 Å². The molecule has 0 saturated carbocycles. The van der Waals surface area contributed by atoms with E-state index in [1.807, 2.05) is 0 Å². The summed E-state index contributed by atoms with van der Waals surface area (Å²) in [4.78, 5) is 7.91. The number of aromatic nitrogens is 5. The van der Waals surface area contributed by atoms with Gasteiger partial charge in [-0.15, -0.1) is 5.10 Å². The van der Waals surface area contributed by atoms with Crippen LogP contribution >= 0.6 is 11.6 Å². The second-order valence-corrected chi connectivity index (χ2v) is 4.07. The van der Waals surface area contributed by atoms with Crippen molar-refractivity contribution in [3.05, 3.63) is 47.1 Å². The summed E-state index contributed by atoms with van der Waals surface area (Å²) in [5.41, 5.74) is 1.92. The van der Waals surface area contributed by atoms with Gasteiger partial charge in [0.2, 0.25) is 0 Å². The van der Waals surface area contributed by atoms with Crippen LogP contribution in [0.4, 0.5) is 4.39 Å². The highest BCUT2D eigenvalue weighted by Gasteiger charge is 2.10. The predicted octanol–water partition coefficient (Wildman–Crippen LogP) is 2.06. The molecule has 0 aliphatic rings. The van der Waals surface area contributed by atoms with Gasteiger partial charge in [-0.3, -0.25) is 0 Å². The molecule has 0 bridgehead atoms. The van der Waals surface area contributed by atoms with Gasteiger partial charge < -0.3 is 0 Å². The minimum absolute atomic E-state index is 0.269. The van der Waals surface area contributed by atoms with Crippen LogP contribution in [0.5, 0.6) is 0 Å². The van der Waals surface area contributed by atoms with Crippen molar-refractivity contribution >= 4 is 22.8 Å². The Morgan fingerprint density at radius 1 is 1.17 bits per heavy atom. The molecule has 0 spiro atoms. The van der Waals surface area contributed by atoms with Gasteiger partial charge in [0.25, 0.3) is 0 Å². The molecule has 18 heavy (non-hydrogen) atoms. The minimum Gasteiger partial charge on any atom is -0.222 e. The largest absolute Gasteiger partial charge is 0.222 e. The van der Waals surface area contributed by atoms with Gasteiger partial charge >= 0.3 is 0 Å². The zero-order valence-corrected chi connectivity index (χ0v) is 9.84. The summed E-state index contributed by atoms with van der Waals surface area (Å²) in [6.07, 6.45) is 1.36. The maximum Gasteiger partial charge on any atom is 0.183 e. The molecule has 2 aromatic heterocycles.